The number of benzene rings is 1. The molecule has 1 atom stereocenters. The zero-order valence-electron chi connectivity index (χ0n) is 9.69. The Hall–Kier alpha value is -0.730. The third-order valence-corrected chi connectivity index (χ3v) is 5.99. The normalized spacial score (nSPS) is 22.1. The summed E-state index contributed by atoms with van der Waals surface area (Å²) in [6.45, 7) is 0. The molecule has 0 spiro atoms. The van der Waals surface area contributed by atoms with Crippen LogP contribution in [0.15, 0.2) is 16.6 Å². The van der Waals surface area contributed by atoms with Crippen molar-refractivity contribution < 1.29 is 12.8 Å². The zero-order chi connectivity index (χ0) is 13.8. The summed E-state index contributed by atoms with van der Waals surface area (Å²) in [6, 6.07) is 2.77. The second kappa shape index (κ2) is 4.39. The molecule has 0 aliphatic carbocycles. The van der Waals surface area contributed by atoms with E-state index in [1.165, 1.54) is 6.07 Å². The largest absolute Gasteiger partial charge is 0.331 e. The number of hydrogen-bond acceptors (Lipinski definition) is 3. The molecule has 19 heavy (non-hydrogen) atoms. The van der Waals surface area contributed by atoms with Crippen LogP contribution in [0.3, 0.4) is 0 Å². The van der Waals surface area contributed by atoms with Crippen molar-refractivity contribution in [2.45, 2.75) is 12.5 Å². The molecule has 1 aromatic heterocycles. The first-order valence-electron chi connectivity index (χ1n) is 5.67. The SMILES string of the molecule is O=S1(=O)CCC(n2c(=S)[nH]c3cc(Br)c(F)cc32)C1. The summed E-state index contributed by atoms with van der Waals surface area (Å²) in [6.07, 6.45) is 0.515. The molecule has 0 radical (unpaired) electrons. The summed E-state index contributed by atoms with van der Waals surface area (Å²) in [4.78, 5) is 2.99. The molecule has 102 valence electrons. The highest BCUT2D eigenvalue weighted by Gasteiger charge is 2.30. The van der Waals surface area contributed by atoms with Crippen LogP contribution in [0, 0.1) is 10.6 Å². The lowest BCUT2D eigenvalue weighted by molar-refractivity contribution is 0.561. The number of sulfone groups is 1. The first kappa shape index (κ1) is 13.3. The molecule has 1 N–H and O–H groups in total. The third kappa shape index (κ3) is 2.25. The molecular formula is C11H10BrFN2O2S2. The Morgan fingerprint density at radius 1 is 1.47 bits per heavy atom. The van der Waals surface area contributed by atoms with Gasteiger partial charge in [0, 0.05) is 6.07 Å². The van der Waals surface area contributed by atoms with E-state index in [4.69, 9.17) is 12.2 Å². The number of rotatable bonds is 1. The fourth-order valence-electron chi connectivity index (χ4n) is 2.46. The molecule has 2 heterocycles. The molecule has 1 unspecified atom stereocenters. The summed E-state index contributed by atoms with van der Waals surface area (Å²) in [5.41, 5.74) is 1.30. The van der Waals surface area contributed by atoms with Crippen molar-refractivity contribution in [3.05, 3.63) is 27.2 Å². The molecule has 1 aliphatic rings. The van der Waals surface area contributed by atoms with Crippen molar-refractivity contribution in [2.24, 2.45) is 0 Å². The highest BCUT2D eigenvalue weighted by Crippen LogP contribution is 2.30. The number of fused-ring (bicyclic) bond motifs is 1. The van der Waals surface area contributed by atoms with Gasteiger partial charge in [-0.3, -0.25) is 0 Å². The number of hydrogen-bond donors (Lipinski definition) is 1. The van der Waals surface area contributed by atoms with Gasteiger partial charge in [0.15, 0.2) is 14.6 Å². The number of H-pyrrole nitrogens is 1. The Morgan fingerprint density at radius 2 is 2.21 bits per heavy atom. The average molecular weight is 365 g/mol. The van der Waals surface area contributed by atoms with Gasteiger partial charge in [0.1, 0.15) is 5.82 Å². The maximum atomic E-state index is 13.7. The zero-order valence-corrected chi connectivity index (χ0v) is 12.9. The topological polar surface area (TPSA) is 54.9 Å². The number of aromatic nitrogens is 2. The summed E-state index contributed by atoms with van der Waals surface area (Å²) >= 11 is 8.34. The van der Waals surface area contributed by atoms with E-state index in [2.05, 4.69) is 20.9 Å². The number of nitrogens with zero attached hydrogens (tertiary/aromatic N) is 1. The van der Waals surface area contributed by atoms with E-state index in [1.54, 1.807) is 10.6 Å². The Morgan fingerprint density at radius 3 is 2.84 bits per heavy atom. The Bertz CT molecular complexity index is 825. The first-order valence-corrected chi connectivity index (χ1v) is 8.69. The van der Waals surface area contributed by atoms with Crippen LogP contribution >= 0.6 is 28.1 Å². The van der Waals surface area contributed by atoms with Crippen LogP contribution in [-0.4, -0.2) is 29.5 Å². The van der Waals surface area contributed by atoms with Crippen molar-refractivity contribution in [1.29, 1.82) is 0 Å². The minimum absolute atomic E-state index is 0.0615. The third-order valence-electron chi connectivity index (χ3n) is 3.33. The second-order valence-corrected chi connectivity index (χ2v) is 8.11. The molecule has 3 rings (SSSR count). The number of nitrogens with one attached hydrogen (secondary N) is 1. The molecule has 1 fully saturated rings. The fourth-order valence-corrected chi connectivity index (χ4v) is 4.86. The number of halogens is 2. The van der Waals surface area contributed by atoms with Crippen molar-refractivity contribution in [1.82, 2.24) is 9.55 Å². The van der Waals surface area contributed by atoms with Gasteiger partial charge < -0.3 is 9.55 Å². The van der Waals surface area contributed by atoms with E-state index in [1.807, 2.05) is 0 Å². The highest BCUT2D eigenvalue weighted by molar-refractivity contribution is 9.10. The van der Waals surface area contributed by atoms with Gasteiger partial charge in [0.25, 0.3) is 0 Å². The van der Waals surface area contributed by atoms with Crippen LogP contribution < -0.4 is 0 Å². The maximum Gasteiger partial charge on any atom is 0.178 e. The molecule has 8 heteroatoms. The Labute approximate surface area is 122 Å². The van der Waals surface area contributed by atoms with Gasteiger partial charge >= 0.3 is 0 Å². The van der Waals surface area contributed by atoms with Crippen LogP contribution in [0.1, 0.15) is 12.5 Å². The van der Waals surface area contributed by atoms with E-state index in [0.29, 0.717) is 26.7 Å². The van der Waals surface area contributed by atoms with Gasteiger partial charge in [-0.25, -0.2) is 12.8 Å². The molecule has 1 aromatic carbocycles. The molecule has 4 nitrogen and oxygen atoms in total. The minimum atomic E-state index is -3.01. The maximum absolute atomic E-state index is 13.7. The van der Waals surface area contributed by atoms with Crippen LogP contribution in [0.2, 0.25) is 0 Å². The summed E-state index contributed by atoms with van der Waals surface area (Å²) in [5.74, 6) is -0.173. The van der Waals surface area contributed by atoms with E-state index < -0.39 is 15.7 Å². The predicted octanol–water partition coefficient (Wildman–Crippen LogP) is 2.96. The van der Waals surface area contributed by atoms with Gasteiger partial charge in [-0.05, 0) is 40.6 Å². The molecule has 2 aromatic rings. The van der Waals surface area contributed by atoms with Crippen LogP contribution in [0.4, 0.5) is 4.39 Å². The molecule has 1 saturated heterocycles. The molecule has 0 amide bonds. The average Bonchev–Trinajstić information content (AvgIpc) is 2.79. The van der Waals surface area contributed by atoms with Gasteiger partial charge in [-0.2, -0.15) is 0 Å². The van der Waals surface area contributed by atoms with Gasteiger partial charge in [0.2, 0.25) is 0 Å². The summed E-state index contributed by atoms with van der Waals surface area (Å²) in [7, 11) is -3.01. The van der Waals surface area contributed by atoms with Gasteiger partial charge in [-0.1, -0.05) is 0 Å². The van der Waals surface area contributed by atoms with Crippen LogP contribution in [0.5, 0.6) is 0 Å². The summed E-state index contributed by atoms with van der Waals surface area (Å²) < 4.78 is 39.3. The second-order valence-electron chi connectivity index (χ2n) is 4.64. The fraction of sp³-hybridized carbons (Fsp3) is 0.364. The molecular weight excluding hydrogens is 355 g/mol. The lowest BCUT2D eigenvalue weighted by Crippen LogP contribution is -2.11. The summed E-state index contributed by atoms with van der Waals surface area (Å²) in [5, 5.41) is 0. The number of imidazole rings is 1. The van der Waals surface area contributed by atoms with E-state index in [0.717, 1.165) is 0 Å². The highest BCUT2D eigenvalue weighted by atomic mass is 79.9. The molecule has 1 aliphatic heterocycles. The quantitative estimate of drug-likeness (QED) is 0.791. The van der Waals surface area contributed by atoms with E-state index in [-0.39, 0.29) is 17.5 Å². The molecule has 0 saturated carbocycles. The van der Waals surface area contributed by atoms with Gasteiger partial charge in [-0.15, -0.1) is 0 Å². The lowest BCUT2D eigenvalue weighted by Gasteiger charge is -2.11. The van der Waals surface area contributed by atoms with E-state index in [9.17, 15) is 12.8 Å². The van der Waals surface area contributed by atoms with Gasteiger partial charge in [0.05, 0.1) is 33.1 Å². The monoisotopic (exact) mass is 364 g/mol. The van der Waals surface area contributed by atoms with Crippen molar-refractivity contribution in [2.75, 3.05) is 11.5 Å². The standard InChI is InChI=1S/C11H10BrFN2O2S2/c12-7-3-9-10(4-8(7)13)15(11(18)14-9)6-1-2-19(16,17)5-6/h3-4,6H,1-2,5H2,(H,14,18). The molecule has 0 bridgehead atoms. The smallest absolute Gasteiger partial charge is 0.178 e. The van der Waals surface area contributed by atoms with Crippen LogP contribution in [-0.2, 0) is 9.84 Å². The van der Waals surface area contributed by atoms with E-state index >= 15 is 0 Å². The predicted molar refractivity (Wildman–Crippen MR) is 77.1 cm³/mol. The van der Waals surface area contributed by atoms with Crippen molar-refractivity contribution in [3.8, 4) is 0 Å². The van der Waals surface area contributed by atoms with Crippen molar-refractivity contribution in [3.63, 3.8) is 0 Å². The lowest BCUT2D eigenvalue weighted by atomic mass is 10.2. The minimum Gasteiger partial charge on any atom is -0.331 e. The number of aromatic amines is 1. The van der Waals surface area contributed by atoms with Crippen LogP contribution in [0.25, 0.3) is 11.0 Å². The van der Waals surface area contributed by atoms with Crippen molar-refractivity contribution >= 4 is 49.0 Å². The Kier molecular flexibility index (Phi) is 3.06. The Balaban J connectivity index is 2.22. The first-order chi connectivity index (χ1) is 8.87.